The fourth-order valence-electron chi connectivity index (χ4n) is 2.11. The zero-order chi connectivity index (χ0) is 14.6. The lowest BCUT2D eigenvalue weighted by Gasteiger charge is -2.19. The number of aromatic nitrogens is 1. The van der Waals surface area contributed by atoms with Gasteiger partial charge in [-0.05, 0) is 29.5 Å². The average Bonchev–Trinajstić information content (AvgIpc) is 2.45. The Hall–Kier alpha value is -1.83. The fourth-order valence-corrected chi connectivity index (χ4v) is 2.11. The highest BCUT2D eigenvalue weighted by Crippen LogP contribution is 2.26. The van der Waals surface area contributed by atoms with Gasteiger partial charge in [0.15, 0.2) is 0 Å². The molecule has 0 fully saturated rings. The molecule has 2 heteroatoms. The number of nitrogens with zero attached hydrogens (tertiary/aromatic N) is 1. The van der Waals surface area contributed by atoms with Crippen molar-refractivity contribution in [3.63, 3.8) is 0 Å². The topological polar surface area (TPSA) is 24.9 Å². The van der Waals surface area contributed by atoms with Gasteiger partial charge in [-0.2, -0.15) is 0 Å². The molecule has 1 heterocycles. The van der Waals surface area contributed by atoms with Gasteiger partial charge in [-0.15, -0.1) is 0 Å². The van der Waals surface area contributed by atoms with Crippen LogP contribution in [0.25, 0.3) is 11.3 Å². The molecular weight excluding hydrogens is 244 g/mol. The summed E-state index contributed by atoms with van der Waals surface area (Å²) in [5.41, 5.74) is 4.86. The van der Waals surface area contributed by atoms with E-state index in [2.05, 4.69) is 68.3 Å². The van der Waals surface area contributed by atoms with Crippen molar-refractivity contribution >= 4 is 5.69 Å². The van der Waals surface area contributed by atoms with Crippen LogP contribution >= 0.6 is 0 Å². The second kappa shape index (κ2) is 6.08. The average molecular weight is 268 g/mol. The lowest BCUT2D eigenvalue weighted by atomic mass is 9.86. The number of anilines is 1. The molecule has 2 aromatic rings. The summed E-state index contributed by atoms with van der Waals surface area (Å²) in [4.78, 5) is 4.47. The summed E-state index contributed by atoms with van der Waals surface area (Å²) in [5, 5.41) is 3.40. The van der Waals surface area contributed by atoms with E-state index in [0.717, 1.165) is 29.9 Å². The van der Waals surface area contributed by atoms with Gasteiger partial charge in [0.2, 0.25) is 0 Å². The highest BCUT2D eigenvalue weighted by Gasteiger charge is 2.13. The molecule has 0 aliphatic rings. The van der Waals surface area contributed by atoms with Crippen LogP contribution in [0.1, 0.15) is 39.7 Å². The van der Waals surface area contributed by atoms with Crippen LogP contribution in [0.2, 0.25) is 0 Å². The van der Waals surface area contributed by atoms with Crippen LogP contribution in [0.5, 0.6) is 0 Å². The SMILES string of the molecule is CCCNc1ccnc(-c2ccc(C(C)(C)C)cc2)c1. The molecule has 0 saturated carbocycles. The van der Waals surface area contributed by atoms with E-state index in [1.807, 2.05) is 12.3 Å². The Morgan fingerprint density at radius 2 is 1.75 bits per heavy atom. The number of benzene rings is 1. The van der Waals surface area contributed by atoms with Crippen LogP contribution in [0.4, 0.5) is 5.69 Å². The molecule has 0 bridgehead atoms. The minimum absolute atomic E-state index is 0.191. The normalized spacial score (nSPS) is 11.4. The second-order valence-electron chi connectivity index (χ2n) is 6.18. The lowest BCUT2D eigenvalue weighted by molar-refractivity contribution is 0.590. The highest BCUT2D eigenvalue weighted by molar-refractivity contribution is 5.64. The standard InChI is InChI=1S/C18H24N2/c1-5-11-19-16-10-12-20-17(13-16)14-6-8-15(9-7-14)18(2,3)4/h6-10,12-13H,5,11H2,1-4H3,(H,19,20). The van der Waals surface area contributed by atoms with Crippen LogP contribution in [0.3, 0.4) is 0 Å². The van der Waals surface area contributed by atoms with Crippen molar-refractivity contribution in [2.45, 2.75) is 39.5 Å². The second-order valence-corrected chi connectivity index (χ2v) is 6.18. The molecule has 20 heavy (non-hydrogen) atoms. The van der Waals surface area contributed by atoms with Gasteiger partial charge in [0.25, 0.3) is 0 Å². The summed E-state index contributed by atoms with van der Waals surface area (Å²) in [7, 11) is 0. The van der Waals surface area contributed by atoms with Crippen LogP contribution in [0.15, 0.2) is 42.6 Å². The van der Waals surface area contributed by atoms with Gasteiger partial charge < -0.3 is 5.32 Å². The van der Waals surface area contributed by atoms with Crippen molar-refractivity contribution in [2.75, 3.05) is 11.9 Å². The molecule has 0 atom stereocenters. The van der Waals surface area contributed by atoms with E-state index in [4.69, 9.17) is 0 Å². The minimum Gasteiger partial charge on any atom is -0.385 e. The summed E-state index contributed by atoms with van der Waals surface area (Å²) in [6.45, 7) is 9.85. The van der Waals surface area contributed by atoms with Gasteiger partial charge >= 0.3 is 0 Å². The van der Waals surface area contributed by atoms with E-state index in [-0.39, 0.29) is 5.41 Å². The maximum absolute atomic E-state index is 4.47. The summed E-state index contributed by atoms with van der Waals surface area (Å²) < 4.78 is 0. The van der Waals surface area contributed by atoms with Crippen LogP contribution in [0, 0.1) is 0 Å². The van der Waals surface area contributed by atoms with E-state index in [9.17, 15) is 0 Å². The van der Waals surface area contributed by atoms with E-state index >= 15 is 0 Å². The van der Waals surface area contributed by atoms with E-state index in [0.29, 0.717) is 0 Å². The molecule has 1 aromatic heterocycles. The fraction of sp³-hybridized carbons (Fsp3) is 0.389. The monoisotopic (exact) mass is 268 g/mol. The van der Waals surface area contributed by atoms with Crippen LogP contribution in [-0.4, -0.2) is 11.5 Å². The van der Waals surface area contributed by atoms with Gasteiger partial charge in [-0.25, -0.2) is 0 Å². The smallest absolute Gasteiger partial charge is 0.0722 e. The molecule has 0 amide bonds. The van der Waals surface area contributed by atoms with Crippen molar-refractivity contribution < 1.29 is 0 Å². The number of rotatable bonds is 4. The Bertz CT molecular complexity index is 550. The first-order chi connectivity index (χ1) is 9.50. The maximum Gasteiger partial charge on any atom is 0.0722 e. The molecule has 0 aliphatic heterocycles. The molecule has 106 valence electrons. The summed E-state index contributed by atoms with van der Waals surface area (Å²) in [5.74, 6) is 0. The molecule has 2 nitrogen and oxygen atoms in total. The highest BCUT2D eigenvalue weighted by atomic mass is 14.9. The third-order valence-corrected chi connectivity index (χ3v) is 3.39. The number of nitrogens with one attached hydrogen (secondary N) is 1. The van der Waals surface area contributed by atoms with E-state index in [1.54, 1.807) is 0 Å². The molecule has 0 saturated heterocycles. The lowest BCUT2D eigenvalue weighted by Crippen LogP contribution is -2.10. The molecule has 0 aliphatic carbocycles. The Labute approximate surface area is 122 Å². The van der Waals surface area contributed by atoms with Gasteiger partial charge in [-0.3, -0.25) is 4.98 Å². The van der Waals surface area contributed by atoms with Gasteiger partial charge in [0, 0.05) is 24.0 Å². The Morgan fingerprint density at radius 3 is 2.35 bits per heavy atom. The van der Waals surface area contributed by atoms with Crippen LogP contribution < -0.4 is 5.32 Å². The summed E-state index contributed by atoms with van der Waals surface area (Å²) >= 11 is 0. The zero-order valence-electron chi connectivity index (χ0n) is 12.9. The third kappa shape index (κ3) is 3.60. The first-order valence-electron chi connectivity index (χ1n) is 7.31. The third-order valence-electron chi connectivity index (χ3n) is 3.39. The number of pyridine rings is 1. The maximum atomic E-state index is 4.47. The summed E-state index contributed by atoms with van der Waals surface area (Å²) in [6.07, 6.45) is 2.99. The van der Waals surface area contributed by atoms with Crippen molar-refractivity contribution in [2.24, 2.45) is 0 Å². The zero-order valence-corrected chi connectivity index (χ0v) is 12.9. The van der Waals surface area contributed by atoms with Crippen molar-refractivity contribution in [1.82, 2.24) is 4.98 Å². The molecule has 0 spiro atoms. The molecule has 1 aromatic carbocycles. The Balaban J connectivity index is 2.23. The van der Waals surface area contributed by atoms with E-state index in [1.165, 1.54) is 5.56 Å². The molecular formula is C18H24N2. The quantitative estimate of drug-likeness (QED) is 0.855. The van der Waals surface area contributed by atoms with Crippen molar-refractivity contribution in [3.05, 3.63) is 48.2 Å². The first-order valence-corrected chi connectivity index (χ1v) is 7.31. The minimum atomic E-state index is 0.191. The number of hydrogen-bond donors (Lipinski definition) is 1. The first kappa shape index (κ1) is 14.6. The Kier molecular flexibility index (Phi) is 4.43. The molecule has 0 unspecified atom stereocenters. The van der Waals surface area contributed by atoms with Crippen molar-refractivity contribution in [3.8, 4) is 11.3 Å². The summed E-state index contributed by atoms with van der Waals surface area (Å²) in [6, 6.07) is 12.8. The molecule has 0 radical (unpaired) electrons. The molecule has 2 rings (SSSR count). The van der Waals surface area contributed by atoms with Gasteiger partial charge in [-0.1, -0.05) is 52.0 Å². The van der Waals surface area contributed by atoms with Gasteiger partial charge in [0.05, 0.1) is 5.69 Å². The van der Waals surface area contributed by atoms with Gasteiger partial charge in [0.1, 0.15) is 0 Å². The molecule has 1 N–H and O–H groups in total. The Morgan fingerprint density at radius 1 is 1.05 bits per heavy atom. The van der Waals surface area contributed by atoms with E-state index < -0.39 is 0 Å². The predicted octanol–water partition coefficient (Wildman–Crippen LogP) is 4.87. The predicted molar refractivity (Wildman–Crippen MR) is 87.2 cm³/mol. The number of hydrogen-bond acceptors (Lipinski definition) is 2. The van der Waals surface area contributed by atoms with Crippen LogP contribution in [-0.2, 0) is 5.41 Å². The largest absolute Gasteiger partial charge is 0.385 e. The van der Waals surface area contributed by atoms with Crippen molar-refractivity contribution in [1.29, 1.82) is 0 Å².